The molecule has 0 radical (unpaired) electrons. The first-order valence-corrected chi connectivity index (χ1v) is 10.8. The van der Waals surface area contributed by atoms with E-state index >= 15 is 0 Å². The summed E-state index contributed by atoms with van der Waals surface area (Å²) in [7, 11) is 1.64. The van der Waals surface area contributed by atoms with E-state index in [0.717, 1.165) is 23.4 Å². The Morgan fingerprint density at radius 2 is 1.87 bits per heavy atom. The van der Waals surface area contributed by atoms with E-state index in [0.29, 0.717) is 23.3 Å². The van der Waals surface area contributed by atoms with Crippen molar-refractivity contribution in [3.8, 4) is 23.0 Å². The zero-order valence-corrected chi connectivity index (χ0v) is 17.8. The van der Waals surface area contributed by atoms with E-state index in [4.69, 9.17) is 9.15 Å². The van der Waals surface area contributed by atoms with Gasteiger partial charge in [-0.1, -0.05) is 42.1 Å². The fraction of sp³-hybridized carbons (Fsp3) is 0.174. The van der Waals surface area contributed by atoms with Crippen LogP contribution in [-0.2, 0) is 11.2 Å². The molecule has 2 aromatic carbocycles. The summed E-state index contributed by atoms with van der Waals surface area (Å²) in [6, 6.07) is 21.2. The fourth-order valence-corrected chi connectivity index (χ4v) is 3.84. The monoisotopic (exact) mass is 434 g/mol. The summed E-state index contributed by atoms with van der Waals surface area (Å²) < 4.78 is 12.6. The molecular weight excluding hydrogens is 412 g/mol. The Hall–Kier alpha value is -3.52. The molecule has 0 saturated heterocycles. The van der Waals surface area contributed by atoms with Crippen molar-refractivity contribution in [2.24, 2.45) is 0 Å². The Kier molecular flexibility index (Phi) is 6.68. The lowest BCUT2D eigenvalue weighted by atomic mass is 10.1. The minimum Gasteiger partial charge on any atom is -0.497 e. The second kappa shape index (κ2) is 9.99. The second-order valence-electron chi connectivity index (χ2n) is 6.69. The van der Waals surface area contributed by atoms with Crippen LogP contribution in [0.1, 0.15) is 5.56 Å². The maximum Gasteiger partial charge on any atom is 0.230 e. The largest absolute Gasteiger partial charge is 0.497 e. The van der Waals surface area contributed by atoms with Crippen LogP contribution in [0.5, 0.6) is 5.75 Å². The van der Waals surface area contributed by atoms with Gasteiger partial charge >= 0.3 is 0 Å². The van der Waals surface area contributed by atoms with Crippen molar-refractivity contribution in [2.45, 2.75) is 11.6 Å². The minimum atomic E-state index is -0.0549. The Balaban J connectivity index is 1.38. The van der Waals surface area contributed by atoms with Crippen LogP contribution in [0, 0.1) is 0 Å². The van der Waals surface area contributed by atoms with Gasteiger partial charge < -0.3 is 14.5 Å². The van der Waals surface area contributed by atoms with Crippen LogP contribution in [-0.4, -0.2) is 40.1 Å². The highest BCUT2D eigenvalue weighted by atomic mass is 32.2. The van der Waals surface area contributed by atoms with E-state index in [1.807, 2.05) is 71.3 Å². The van der Waals surface area contributed by atoms with Crippen molar-refractivity contribution >= 4 is 17.7 Å². The molecule has 2 aromatic heterocycles. The first-order chi connectivity index (χ1) is 15.2. The molecule has 158 valence electrons. The van der Waals surface area contributed by atoms with Crippen molar-refractivity contribution < 1.29 is 13.9 Å². The molecule has 4 rings (SSSR count). The molecular formula is C23H22N4O3S. The molecule has 0 aliphatic carbocycles. The maximum absolute atomic E-state index is 12.4. The summed E-state index contributed by atoms with van der Waals surface area (Å²) >= 11 is 1.34. The standard InChI is InChI=1S/C23H22N4O3S/c1-29-19-11-9-17(10-12-19)13-14-24-21(28)16-31-23-26-25-22(20-8-5-15-30-20)27(23)18-6-3-2-4-7-18/h2-12,15H,13-14,16H2,1H3,(H,24,28). The predicted octanol–water partition coefficient (Wildman–Crippen LogP) is 3.99. The summed E-state index contributed by atoms with van der Waals surface area (Å²) in [5, 5.41) is 12.2. The number of hydrogen-bond acceptors (Lipinski definition) is 6. The quantitative estimate of drug-likeness (QED) is 0.401. The van der Waals surface area contributed by atoms with Gasteiger partial charge in [0.15, 0.2) is 10.9 Å². The number of ether oxygens (including phenoxy) is 1. The van der Waals surface area contributed by atoms with Crippen molar-refractivity contribution in [1.82, 2.24) is 20.1 Å². The van der Waals surface area contributed by atoms with Gasteiger partial charge in [0.2, 0.25) is 11.7 Å². The van der Waals surface area contributed by atoms with Crippen LogP contribution in [0.25, 0.3) is 17.3 Å². The lowest BCUT2D eigenvalue weighted by Gasteiger charge is -2.09. The number of nitrogens with one attached hydrogen (secondary N) is 1. The molecule has 2 heterocycles. The van der Waals surface area contributed by atoms with Gasteiger partial charge in [0.05, 0.1) is 19.1 Å². The molecule has 0 aliphatic heterocycles. The van der Waals surface area contributed by atoms with Gasteiger partial charge in [-0.3, -0.25) is 9.36 Å². The third kappa shape index (κ3) is 5.16. The van der Waals surface area contributed by atoms with Crippen molar-refractivity contribution in [3.05, 3.63) is 78.6 Å². The van der Waals surface area contributed by atoms with E-state index in [1.54, 1.807) is 13.4 Å². The number of carbonyl (C=O) groups is 1. The number of thioether (sulfide) groups is 1. The molecule has 0 fully saturated rings. The van der Waals surface area contributed by atoms with E-state index in [-0.39, 0.29) is 11.7 Å². The van der Waals surface area contributed by atoms with Gasteiger partial charge in [-0.2, -0.15) is 0 Å². The average Bonchev–Trinajstić information content (AvgIpc) is 3.48. The predicted molar refractivity (Wildman–Crippen MR) is 119 cm³/mol. The number of nitrogens with zero attached hydrogens (tertiary/aromatic N) is 3. The lowest BCUT2D eigenvalue weighted by molar-refractivity contribution is -0.118. The number of aromatic nitrogens is 3. The number of amides is 1. The molecule has 7 nitrogen and oxygen atoms in total. The molecule has 0 bridgehead atoms. The van der Waals surface area contributed by atoms with Gasteiger partial charge in [-0.15, -0.1) is 10.2 Å². The van der Waals surface area contributed by atoms with Crippen molar-refractivity contribution in [2.75, 3.05) is 19.4 Å². The van der Waals surface area contributed by atoms with E-state index < -0.39 is 0 Å². The van der Waals surface area contributed by atoms with Gasteiger partial charge in [-0.05, 0) is 48.4 Å². The van der Waals surface area contributed by atoms with Crippen LogP contribution < -0.4 is 10.1 Å². The number of benzene rings is 2. The van der Waals surface area contributed by atoms with Gasteiger partial charge in [-0.25, -0.2) is 0 Å². The topological polar surface area (TPSA) is 82.2 Å². The second-order valence-corrected chi connectivity index (χ2v) is 7.63. The summed E-state index contributed by atoms with van der Waals surface area (Å²) in [6.07, 6.45) is 2.35. The molecule has 4 aromatic rings. The summed E-state index contributed by atoms with van der Waals surface area (Å²) in [4.78, 5) is 12.4. The maximum atomic E-state index is 12.4. The number of para-hydroxylation sites is 1. The Morgan fingerprint density at radius 1 is 1.06 bits per heavy atom. The SMILES string of the molecule is COc1ccc(CCNC(=O)CSc2nnc(-c3ccco3)n2-c2ccccc2)cc1. The molecule has 1 amide bonds. The van der Waals surface area contributed by atoms with Gasteiger partial charge in [0.25, 0.3) is 0 Å². The van der Waals surface area contributed by atoms with Crippen molar-refractivity contribution in [3.63, 3.8) is 0 Å². The Bertz CT molecular complexity index is 1110. The van der Waals surface area contributed by atoms with E-state index in [9.17, 15) is 4.79 Å². The molecule has 8 heteroatoms. The van der Waals surface area contributed by atoms with Crippen LogP contribution in [0.4, 0.5) is 0 Å². The van der Waals surface area contributed by atoms with E-state index in [2.05, 4.69) is 15.5 Å². The molecule has 0 unspecified atom stereocenters. The molecule has 0 atom stereocenters. The average molecular weight is 435 g/mol. The molecule has 0 spiro atoms. The number of methoxy groups -OCH3 is 1. The smallest absolute Gasteiger partial charge is 0.230 e. The van der Waals surface area contributed by atoms with Gasteiger partial charge in [0, 0.05) is 12.2 Å². The first kappa shape index (κ1) is 20.7. The third-order valence-corrected chi connectivity index (χ3v) is 5.55. The summed E-state index contributed by atoms with van der Waals surface area (Å²) in [6.45, 7) is 0.564. The van der Waals surface area contributed by atoms with Crippen LogP contribution in [0.15, 0.2) is 82.6 Å². The normalized spacial score (nSPS) is 10.7. The minimum absolute atomic E-state index is 0.0549. The molecule has 0 saturated carbocycles. The summed E-state index contributed by atoms with van der Waals surface area (Å²) in [5.41, 5.74) is 2.04. The highest BCUT2D eigenvalue weighted by molar-refractivity contribution is 7.99. The highest BCUT2D eigenvalue weighted by Crippen LogP contribution is 2.28. The first-order valence-electron chi connectivity index (χ1n) is 9.82. The van der Waals surface area contributed by atoms with Crippen LogP contribution >= 0.6 is 11.8 Å². The molecule has 31 heavy (non-hydrogen) atoms. The van der Waals surface area contributed by atoms with E-state index in [1.165, 1.54) is 11.8 Å². The molecule has 1 N–H and O–H groups in total. The number of hydrogen-bond donors (Lipinski definition) is 1. The number of rotatable bonds is 9. The zero-order chi connectivity index (χ0) is 21.5. The fourth-order valence-electron chi connectivity index (χ4n) is 3.06. The molecule has 0 aliphatic rings. The Labute approximate surface area is 184 Å². The Morgan fingerprint density at radius 3 is 2.58 bits per heavy atom. The number of furan rings is 1. The van der Waals surface area contributed by atoms with Crippen LogP contribution in [0.3, 0.4) is 0 Å². The highest BCUT2D eigenvalue weighted by Gasteiger charge is 2.18. The third-order valence-electron chi connectivity index (χ3n) is 4.62. The zero-order valence-electron chi connectivity index (χ0n) is 17.0. The van der Waals surface area contributed by atoms with Crippen LogP contribution in [0.2, 0.25) is 0 Å². The summed E-state index contributed by atoms with van der Waals surface area (Å²) in [5.74, 6) is 2.22. The lowest BCUT2D eigenvalue weighted by Crippen LogP contribution is -2.27. The number of carbonyl (C=O) groups excluding carboxylic acids is 1. The van der Waals surface area contributed by atoms with Gasteiger partial charge in [0.1, 0.15) is 5.75 Å². The van der Waals surface area contributed by atoms with Crippen molar-refractivity contribution in [1.29, 1.82) is 0 Å².